The maximum absolute atomic E-state index is 5.55. The first-order valence-corrected chi connectivity index (χ1v) is 6.07. The molecule has 0 saturated heterocycles. The van der Waals surface area contributed by atoms with Gasteiger partial charge in [0.2, 0.25) is 0 Å². The molecule has 0 fully saturated rings. The Morgan fingerprint density at radius 1 is 1.29 bits per heavy atom. The monoisotopic (exact) mass is 232 g/mol. The van der Waals surface area contributed by atoms with Crippen LogP contribution >= 0.6 is 0 Å². The van der Waals surface area contributed by atoms with Gasteiger partial charge in [-0.2, -0.15) is 0 Å². The summed E-state index contributed by atoms with van der Waals surface area (Å²) < 4.78 is 11.1. The highest BCUT2D eigenvalue weighted by molar-refractivity contribution is 5.80. The second-order valence-electron chi connectivity index (χ2n) is 4.44. The molecule has 2 heterocycles. The first kappa shape index (κ1) is 10.4. The highest BCUT2D eigenvalue weighted by Gasteiger charge is 2.16. The molecule has 1 aliphatic rings. The molecule has 0 unspecified atom stereocenters. The summed E-state index contributed by atoms with van der Waals surface area (Å²) in [6.45, 7) is 5.56. The number of hydrogen-bond acceptors (Lipinski definition) is 3. The van der Waals surface area contributed by atoms with Crippen LogP contribution in [0.25, 0.3) is 11.0 Å². The predicted molar refractivity (Wildman–Crippen MR) is 65.8 cm³/mol. The van der Waals surface area contributed by atoms with Crippen molar-refractivity contribution in [1.82, 2.24) is 9.97 Å². The van der Waals surface area contributed by atoms with Gasteiger partial charge in [0.1, 0.15) is 19.0 Å². The number of nitrogens with one attached hydrogen (secondary N) is 1. The second-order valence-corrected chi connectivity index (χ2v) is 4.44. The van der Waals surface area contributed by atoms with Crippen LogP contribution in [0.15, 0.2) is 12.1 Å². The number of nitrogens with zero attached hydrogens (tertiary/aromatic N) is 1. The van der Waals surface area contributed by atoms with Crippen LogP contribution in [0.5, 0.6) is 11.5 Å². The minimum absolute atomic E-state index is 0.446. The summed E-state index contributed by atoms with van der Waals surface area (Å²) in [7, 11) is 0. The van der Waals surface area contributed by atoms with Gasteiger partial charge in [-0.1, -0.05) is 13.8 Å². The van der Waals surface area contributed by atoms with Gasteiger partial charge >= 0.3 is 0 Å². The summed E-state index contributed by atoms with van der Waals surface area (Å²) in [4.78, 5) is 7.95. The number of benzene rings is 1. The summed E-state index contributed by atoms with van der Waals surface area (Å²) in [5.41, 5.74) is 1.97. The highest BCUT2D eigenvalue weighted by atomic mass is 16.6. The third kappa shape index (κ3) is 1.73. The van der Waals surface area contributed by atoms with E-state index in [1.54, 1.807) is 0 Å². The zero-order valence-corrected chi connectivity index (χ0v) is 10.1. The summed E-state index contributed by atoms with van der Waals surface area (Å²) in [5, 5.41) is 0. The van der Waals surface area contributed by atoms with Crippen LogP contribution in [0.4, 0.5) is 0 Å². The molecule has 1 N–H and O–H groups in total. The van der Waals surface area contributed by atoms with Gasteiger partial charge in [-0.15, -0.1) is 0 Å². The Morgan fingerprint density at radius 2 is 2.00 bits per heavy atom. The molecule has 0 bridgehead atoms. The average molecular weight is 232 g/mol. The van der Waals surface area contributed by atoms with E-state index in [1.807, 2.05) is 12.1 Å². The third-order valence-electron chi connectivity index (χ3n) is 3.24. The van der Waals surface area contributed by atoms with Gasteiger partial charge in [0, 0.05) is 18.1 Å². The maximum atomic E-state index is 5.55. The second kappa shape index (κ2) is 3.95. The minimum atomic E-state index is 0.446. The molecule has 0 spiro atoms. The normalized spacial score (nSPS) is 16.1. The van der Waals surface area contributed by atoms with Crippen molar-refractivity contribution in [3.63, 3.8) is 0 Å². The Labute approximate surface area is 100.0 Å². The Kier molecular flexibility index (Phi) is 2.42. The van der Waals surface area contributed by atoms with Crippen LogP contribution in [0.2, 0.25) is 0 Å². The van der Waals surface area contributed by atoms with Crippen LogP contribution in [-0.2, 0) is 0 Å². The number of fused-ring (bicyclic) bond motifs is 2. The number of ether oxygens (including phenoxy) is 2. The molecule has 4 nitrogen and oxygen atoms in total. The molecule has 1 atom stereocenters. The number of aromatic amines is 1. The fourth-order valence-electron chi connectivity index (χ4n) is 1.99. The molecular formula is C13H16N2O2. The quantitative estimate of drug-likeness (QED) is 0.866. The lowest BCUT2D eigenvalue weighted by Crippen LogP contribution is -2.15. The summed E-state index contributed by atoms with van der Waals surface area (Å²) in [5.74, 6) is 3.08. The largest absolute Gasteiger partial charge is 0.486 e. The van der Waals surface area contributed by atoms with E-state index < -0.39 is 0 Å². The van der Waals surface area contributed by atoms with E-state index >= 15 is 0 Å². The van der Waals surface area contributed by atoms with Gasteiger partial charge in [0.05, 0.1) is 11.0 Å². The number of hydrogen-bond donors (Lipinski definition) is 1. The standard InChI is InChI=1S/C13H16N2O2/c1-3-8(2)13-14-9-6-11-12(7-10(9)15-13)17-5-4-16-11/h6-8H,3-5H2,1-2H3,(H,14,15)/t8-/m0/s1. The van der Waals surface area contributed by atoms with Crippen molar-refractivity contribution >= 4 is 11.0 Å². The minimum Gasteiger partial charge on any atom is -0.486 e. The van der Waals surface area contributed by atoms with Crippen molar-refractivity contribution in [2.45, 2.75) is 26.2 Å². The van der Waals surface area contributed by atoms with E-state index in [-0.39, 0.29) is 0 Å². The lowest BCUT2D eigenvalue weighted by Gasteiger charge is -2.17. The lowest BCUT2D eigenvalue weighted by atomic mass is 10.1. The lowest BCUT2D eigenvalue weighted by molar-refractivity contribution is 0.172. The first-order chi connectivity index (χ1) is 8.28. The van der Waals surface area contributed by atoms with Crippen LogP contribution in [0.1, 0.15) is 32.0 Å². The van der Waals surface area contributed by atoms with E-state index in [1.165, 1.54) is 0 Å². The van der Waals surface area contributed by atoms with Crippen LogP contribution < -0.4 is 9.47 Å². The molecule has 1 aromatic heterocycles. The van der Waals surface area contributed by atoms with Gasteiger partial charge in [-0.3, -0.25) is 0 Å². The summed E-state index contributed by atoms with van der Waals surface area (Å²) in [6, 6.07) is 3.93. The molecule has 1 aliphatic heterocycles. The van der Waals surface area contributed by atoms with Crippen molar-refractivity contribution in [3.8, 4) is 11.5 Å². The molecule has 4 heteroatoms. The Hall–Kier alpha value is -1.71. The smallest absolute Gasteiger partial charge is 0.163 e. The van der Waals surface area contributed by atoms with Crippen LogP contribution in [0.3, 0.4) is 0 Å². The molecule has 90 valence electrons. The van der Waals surface area contributed by atoms with E-state index in [9.17, 15) is 0 Å². The Bertz CT molecular complexity index is 505. The fourth-order valence-corrected chi connectivity index (χ4v) is 1.99. The average Bonchev–Trinajstić information content (AvgIpc) is 2.77. The van der Waals surface area contributed by atoms with Gasteiger partial charge < -0.3 is 14.5 Å². The van der Waals surface area contributed by atoms with Gasteiger partial charge in [0.15, 0.2) is 11.5 Å². The van der Waals surface area contributed by atoms with Gasteiger partial charge in [0.25, 0.3) is 0 Å². The maximum Gasteiger partial charge on any atom is 0.163 e. The molecular weight excluding hydrogens is 216 g/mol. The highest BCUT2D eigenvalue weighted by Crippen LogP contribution is 2.34. The zero-order chi connectivity index (χ0) is 11.8. The van der Waals surface area contributed by atoms with Crippen molar-refractivity contribution in [2.24, 2.45) is 0 Å². The number of H-pyrrole nitrogens is 1. The van der Waals surface area contributed by atoms with E-state index in [0.717, 1.165) is 34.8 Å². The number of rotatable bonds is 2. The molecule has 0 saturated carbocycles. The van der Waals surface area contributed by atoms with Gasteiger partial charge in [-0.05, 0) is 6.42 Å². The molecule has 0 radical (unpaired) electrons. The summed E-state index contributed by atoms with van der Waals surface area (Å²) >= 11 is 0. The van der Waals surface area contributed by atoms with E-state index in [0.29, 0.717) is 19.1 Å². The topological polar surface area (TPSA) is 47.1 Å². The van der Waals surface area contributed by atoms with Crippen molar-refractivity contribution < 1.29 is 9.47 Å². The van der Waals surface area contributed by atoms with Crippen molar-refractivity contribution in [3.05, 3.63) is 18.0 Å². The first-order valence-electron chi connectivity index (χ1n) is 6.07. The Balaban J connectivity index is 2.09. The molecule has 0 amide bonds. The zero-order valence-electron chi connectivity index (χ0n) is 10.1. The SMILES string of the molecule is CC[C@H](C)c1nc2cc3c(cc2[nH]1)OCCO3. The van der Waals surface area contributed by atoms with E-state index in [2.05, 4.69) is 23.8 Å². The van der Waals surface area contributed by atoms with Crippen molar-refractivity contribution in [2.75, 3.05) is 13.2 Å². The van der Waals surface area contributed by atoms with Crippen LogP contribution in [-0.4, -0.2) is 23.2 Å². The third-order valence-corrected chi connectivity index (χ3v) is 3.24. The molecule has 2 aromatic rings. The van der Waals surface area contributed by atoms with Crippen molar-refractivity contribution in [1.29, 1.82) is 0 Å². The molecule has 1 aromatic carbocycles. The van der Waals surface area contributed by atoms with Gasteiger partial charge in [-0.25, -0.2) is 4.98 Å². The van der Waals surface area contributed by atoms with E-state index in [4.69, 9.17) is 9.47 Å². The number of aromatic nitrogens is 2. The summed E-state index contributed by atoms with van der Waals surface area (Å²) in [6.07, 6.45) is 1.08. The predicted octanol–water partition coefficient (Wildman–Crippen LogP) is 2.85. The van der Waals surface area contributed by atoms with Crippen LogP contribution in [0, 0.1) is 0 Å². The molecule has 17 heavy (non-hydrogen) atoms. The molecule has 3 rings (SSSR count). The number of imidazole rings is 1. The fraction of sp³-hybridized carbons (Fsp3) is 0.462. The Morgan fingerprint density at radius 3 is 2.71 bits per heavy atom. The molecule has 0 aliphatic carbocycles.